The van der Waals surface area contributed by atoms with Gasteiger partial charge in [0.25, 0.3) is 0 Å². The molecule has 2 aliphatic rings. The summed E-state index contributed by atoms with van der Waals surface area (Å²) in [6.45, 7) is 7.84. The number of benzene rings is 2. The third kappa shape index (κ3) is 7.39. The van der Waals surface area contributed by atoms with Gasteiger partial charge in [-0.05, 0) is 93.2 Å². The van der Waals surface area contributed by atoms with Gasteiger partial charge in [0, 0.05) is 41.5 Å². The van der Waals surface area contributed by atoms with E-state index in [-0.39, 0.29) is 12.5 Å². The Morgan fingerprint density at radius 2 is 1.93 bits per heavy atom. The van der Waals surface area contributed by atoms with Crippen LogP contribution in [0, 0.1) is 0 Å². The summed E-state index contributed by atoms with van der Waals surface area (Å²) in [5.41, 5.74) is 5.09. The number of pyridine rings is 1. The summed E-state index contributed by atoms with van der Waals surface area (Å²) < 4.78 is 11.1. The normalized spacial score (nSPS) is 17.0. The van der Waals surface area contributed by atoms with Crippen molar-refractivity contribution in [1.29, 1.82) is 0 Å². The Bertz CT molecular complexity index is 1410. The molecule has 1 N–H and O–H groups in total. The fourth-order valence-electron chi connectivity index (χ4n) is 5.82. The zero-order valence-electron chi connectivity index (χ0n) is 24.7. The topological polar surface area (TPSA) is 75.1 Å². The van der Waals surface area contributed by atoms with E-state index in [9.17, 15) is 9.90 Å². The van der Waals surface area contributed by atoms with Crippen LogP contribution in [0.25, 0.3) is 5.57 Å². The predicted molar refractivity (Wildman–Crippen MR) is 165 cm³/mol. The van der Waals surface area contributed by atoms with Gasteiger partial charge >= 0.3 is 5.97 Å². The number of rotatable bonds is 9. The first-order valence-corrected chi connectivity index (χ1v) is 15.0. The van der Waals surface area contributed by atoms with E-state index in [4.69, 9.17) is 21.1 Å². The second-order valence-corrected chi connectivity index (χ2v) is 12.1. The number of methoxy groups -OCH3 is 1. The van der Waals surface area contributed by atoms with Gasteiger partial charge in [-0.25, -0.2) is 0 Å². The smallest absolute Gasteiger partial charge is 0.319 e. The van der Waals surface area contributed by atoms with Crippen LogP contribution in [0.4, 0.5) is 0 Å². The molecule has 0 atom stereocenters. The number of piperidine rings is 1. The molecule has 1 aromatic heterocycles. The van der Waals surface area contributed by atoms with Crippen molar-refractivity contribution in [2.45, 2.75) is 57.9 Å². The van der Waals surface area contributed by atoms with Gasteiger partial charge in [-0.1, -0.05) is 41.9 Å². The standard InChI is InChI=1S/C34H40ClN3O4/c1-34(2,40)25-10-13-32-30(20-25)28(29-6-4-16-36-31(29)23-42-32)7-5-17-37-18-14-27(15-19-37)38(22-33(39)41-3)21-24-8-11-26(35)12-9-24/h4,6-13,16,20,27,40H,5,14-15,17-19,21-23H2,1-3H3. The van der Waals surface area contributed by atoms with Crippen LogP contribution in [0.1, 0.15) is 61.1 Å². The monoisotopic (exact) mass is 589 g/mol. The molecule has 0 bridgehead atoms. The first-order chi connectivity index (χ1) is 20.2. The number of aliphatic hydroxyl groups is 1. The van der Waals surface area contributed by atoms with Crippen molar-refractivity contribution in [1.82, 2.24) is 14.8 Å². The molecule has 222 valence electrons. The summed E-state index contributed by atoms with van der Waals surface area (Å²) >= 11 is 6.08. The number of carbonyl (C=O) groups is 1. The van der Waals surface area contributed by atoms with Crippen molar-refractivity contribution >= 4 is 23.1 Å². The third-order valence-corrected chi connectivity index (χ3v) is 8.50. The number of aromatic nitrogens is 1. The Labute approximate surface area is 253 Å². The highest BCUT2D eigenvalue weighted by atomic mass is 35.5. The molecule has 3 heterocycles. The molecule has 0 spiro atoms. The van der Waals surface area contributed by atoms with Crippen LogP contribution in [0.5, 0.6) is 5.75 Å². The van der Waals surface area contributed by atoms with Crippen molar-refractivity contribution in [2.24, 2.45) is 0 Å². The van der Waals surface area contributed by atoms with Crippen molar-refractivity contribution < 1.29 is 19.4 Å². The van der Waals surface area contributed by atoms with Gasteiger partial charge in [0.15, 0.2) is 0 Å². The average Bonchev–Trinajstić information content (AvgIpc) is 3.14. The van der Waals surface area contributed by atoms with Crippen LogP contribution >= 0.6 is 11.6 Å². The van der Waals surface area contributed by atoms with Crippen molar-refractivity contribution in [3.63, 3.8) is 0 Å². The Hall–Kier alpha value is -3.23. The minimum atomic E-state index is -0.955. The van der Waals surface area contributed by atoms with E-state index in [1.807, 2.05) is 48.5 Å². The van der Waals surface area contributed by atoms with Gasteiger partial charge in [0.2, 0.25) is 0 Å². The minimum Gasteiger partial charge on any atom is -0.487 e. The zero-order chi connectivity index (χ0) is 29.7. The van der Waals surface area contributed by atoms with Crippen LogP contribution < -0.4 is 4.74 Å². The molecule has 1 saturated heterocycles. The van der Waals surface area contributed by atoms with E-state index in [2.05, 4.69) is 26.9 Å². The lowest BCUT2D eigenvalue weighted by Gasteiger charge is -2.38. The average molecular weight is 590 g/mol. The van der Waals surface area contributed by atoms with E-state index in [1.54, 1.807) is 20.0 Å². The van der Waals surface area contributed by atoms with Crippen LogP contribution in [-0.4, -0.2) is 65.2 Å². The molecule has 7 nitrogen and oxygen atoms in total. The molecule has 0 unspecified atom stereocenters. The van der Waals surface area contributed by atoms with E-state index in [1.165, 1.54) is 7.11 Å². The summed E-state index contributed by atoms with van der Waals surface area (Å²) in [7, 11) is 1.44. The summed E-state index contributed by atoms with van der Waals surface area (Å²) in [5.74, 6) is 0.590. The van der Waals surface area contributed by atoms with Gasteiger partial charge < -0.3 is 19.5 Å². The lowest BCUT2D eigenvalue weighted by atomic mass is 9.90. The van der Waals surface area contributed by atoms with Gasteiger partial charge in [-0.3, -0.25) is 14.7 Å². The van der Waals surface area contributed by atoms with Crippen LogP contribution in [-0.2, 0) is 28.3 Å². The molecular formula is C34H40ClN3O4. The molecule has 0 aliphatic carbocycles. The van der Waals surface area contributed by atoms with E-state index >= 15 is 0 Å². The zero-order valence-corrected chi connectivity index (χ0v) is 25.4. The molecule has 8 heteroatoms. The summed E-state index contributed by atoms with van der Waals surface area (Å²) in [6, 6.07) is 18.1. The number of likely N-dealkylation sites (tertiary alicyclic amines) is 1. The van der Waals surface area contributed by atoms with Gasteiger partial charge in [-0.2, -0.15) is 0 Å². The summed E-state index contributed by atoms with van der Waals surface area (Å²) in [4.78, 5) is 21.5. The third-order valence-electron chi connectivity index (χ3n) is 8.25. The van der Waals surface area contributed by atoms with Gasteiger partial charge in [0.1, 0.15) is 12.4 Å². The molecular weight excluding hydrogens is 550 g/mol. The number of nitrogens with zero attached hydrogens (tertiary/aromatic N) is 3. The Balaban J connectivity index is 1.27. The number of hydrogen-bond acceptors (Lipinski definition) is 7. The van der Waals surface area contributed by atoms with Crippen LogP contribution in [0.2, 0.25) is 5.02 Å². The molecule has 0 amide bonds. The van der Waals surface area contributed by atoms with E-state index < -0.39 is 5.60 Å². The fraction of sp³-hybridized carbons (Fsp3) is 0.412. The molecule has 42 heavy (non-hydrogen) atoms. The second-order valence-electron chi connectivity index (χ2n) is 11.6. The Morgan fingerprint density at radius 1 is 1.17 bits per heavy atom. The summed E-state index contributed by atoms with van der Waals surface area (Å²) in [6.07, 6.45) is 6.94. The maximum atomic E-state index is 12.2. The lowest BCUT2D eigenvalue weighted by molar-refractivity contribution is -0.143. The van der Waals surface area contributed by atoms with Crippen molar-refractivity contribution in [2.75, 3.05) is 33.3 Å². The second kappa shape index (κ2) is 13.4. The van der Waals surface area contributed by atoms with E-state index in [0.29, 0.717) is 24.2 Å². The number of fused-ring (bicyclic) bond motifs is 2. The number of hydrogen-bond donors (Lipinski definition) is 1. The Morgan fingerprint density at radius 3 is 2.64 bits per heavy atom. The number of ether oxygens (including phenoxy) is 2. The molecule has 0 radical (unpaired) electrons. The quantitative estimate of drug-likeness (QED) is 0.315. The molecule has 1 fully saturated rings. The first kappa shape index (κ1) is 30.2. The van der Waals surface area contributed by atoms with Crippen LogP contribution in [0.3, 0.4) is 0 Å². The maximum Gasteiger partial charge on any atom is 0.319 e. The molecule has 3 aromatic rings. The predicted octanol–water partition coefficient (Wildman–Crippen LogP) is 5.82. The van der Waals surface area contributed by atoms with Crippen molar-refractivity contribution in [3.05, 3.63) is 99.8 Å². The molecule has 2 aliphatic heterocycles. The first-order valence-electron chi connectivity index (χ1n) is 14.6. The Kier molecular flexibility index (Phi) is 9.63. The summed E-state index contributed by atoms with van der Waals surface area (Å²) in [5, 5.41) is 11.4. The molecule has 5 rings (SSSR count). The number of halogens is 1. The van der Waals surface area contributed by atoms with Crippen molar-refractivity contribution in [3.8, 4) is 5.75 Å². The van der Waals surface area contributed by atoms with Gasteiger partial charge in [-0.15, -0.1) is 0 Å². The lowest BCUT2D eigenvalue weighted by Crippen LogP contribution is -2.46. The maximum absolute atomic E-state index is 12.2. The number of esters is 1. The highest BCUT2D eigenvalue weighted by molar-refractivity contribution is 6.30. The molecule has 2 aromatic carbocycles. The highest BCUT2D eigenvalue weighted by Crippen LogP contribution is 2.38. The highest BCUT2D eigenvalue weighted by Gasteiger charge is 2.27. The van der Waals surface area contributed by atoms with E-state index in [0.717, 1.165) is 78.2 Å². The number of carbonyl (C=O) groups excluding carboxylic acids is 1. The fourth-order valence-corrected chi connectivity index (χ4v) is 5.95. The minimum absolute atomic E-state index is 0.215. The molecule has 0 saturated carbocycles. The van der Waals surface area contributed by atoms with Gasteiger partial charge in [0.05, 0.1) is 24.9 Å². The largest absolute Gasteiger partial charge is 0.487 e. The SMILES string of the molecule is COC(=O)CN(Cc1ccc(Cl)cc1)C1CCN(CCC=C2c3cc(C(C)(C)O)ccc3OCc3ncccc32)CC1. The van der Waals surface area contributed by atoms with Crippen LogP contribution in [0.15, 0.2) is 66.9 Å².